The van der Waals surface area contributed by atoms with E-state index in [1.807, 2.05) is 18.8 Å². The van der Waals surface area contributed by atoms with Crippen LogP contribution in [0.2, 0.25) is 0 Å². The van der Waals surface area contributed by atoms with Crippen LogP contribution in [0.3, 0.4) is 0 Å². The van der Waals surface area contributed by atoms with E-state index in [1.54, 1.807) is 0 Å². The van der Waals surface area contributed by atoms with Gasteiger partial charge < -0.3 is 10.3 Å². The highest BCUT2D eigenvalue weighted by molar-refractivity contribution is 14.1. The van der Waals surface area contributed by atoms with Crippen LogP contribution in [0.25, 0.3) is 10.9 Å². The van der Waals surface area contributed by atoms with Crippen LogP contribution >= 0.6 is 34.4 Å². The molecule has 0 saturated heterocycles. The molecule has 0 aliphatic heterocycles. The molecular formula is C16H15IN2S. The summed E-state index contributed by atoms with van der Waals surface area (Å²) in [5, 5.41) is 4.52. The number of aromatic nitrogens is 1. The Labute approximate surface area is 136 Å². The average Bonchev–Trinajstić information content (AvgIpc) is 2.84. The Morgan fingerprint density at radius 3 is 2.85 bits per heavy atom. The van der Waals surface area contributed by atoms with Crippen LogP contribution in [-0.2, 0) is 6.54 Å². The van der Waals surface area contributed by atoms with Crippen LogP contribution in [0.5, 0.6) is 0 Å². The zero-order valence-electron chi connectivity index (χ0n) is 11.1. The molecule has 2 aromatic carbocycles. The van der Waals surface area contributed by atoms with E-state index in [0.29, 0.717) is 0 Å². The first kappa shape index (κ1) is 14.0. The van der Waals surface area contributed by atoms with Gasteiger partial charge in [-0.3, -0.25) is 0 Å². The standard InChI is InChI=1S/C16H15IN2S/c1-18-9-11-4-2-3-5-15(11)20-16-10-19-14-7-6-12(17)8-13(14)16/h2-8,10,18-19H,9H2,1H3. The van der Waals surface area contributed by atoms with Gasteiger partial charge in [0.2, 0.25) is 0 Å². The Kier molecular flexibility index (Phi) is 4.33. The molecule has 0 atom stereocenters. The smallest absolute Gasteiger partial charge is 0.0466 e. The number of hydrogen-bond acceptors (Lipinski definition) is 2. The van der Waals surface area contributed by atoms with E-state index in [4.69, 9.17) is 0 Å². The van der Waals surface area contributed by atoms with Crippen molar-refractivity contribution in [3.05, 3.63) is 57.8 Å². The van der Waals surface area contributed by atoms with E-state index >= 15 is 0 Å². The van der Waals surface area contributed by atoms with Gasteiger partial charge in [-0.25, -0.2) is 0 Å². The molecule has 0 saturated carbocycles. The fourth-order valence-electron chi connectivity index (χ4n) is 2.21. The maximum atomic E-state index is 3.35. The molecule has 0 radical (unpaired) electrons. The van der Waals surface area contributed by atoms with Crippen molar-refractivity contribution in [1.29, 1.82) is 0 Å². The second-order valence-electron chi connectivity index (χ2n) is 4.58. The minimum Gasteiger partial charge on any atom is -0.360 e. The quantitative estimate of drug-likeness (QED) is 0.631. The highest BCUT2D eigenvalue weighted by atomic mass is 127. The van der Waals surface area contributed by atoms with Crippen LogP contribution < -0.4 is 5.32 Å². The molecule has 102 valence electrons. The zero-order chi connectivity index (χ0) is 13.9. The Bertz CT molecular complexity index is 736. The largest absolute Gasteiger partial charge is 0.360 e. The van der Waals surface area contributed by atoms with Crippen LogP contribution in [0.1, 0.15) is 5.56 Å². The number of hydrogen-bond donors (Lipinski definition) is 2. The summed E-state index contributed by atoms with van der Waals surface area (Å²) in [5.41, 5.74) is 2.53. The number of rotatable bonds is 4. The third-order valence-corrected chi connectivity index (χ3v) is 5.01. The van der Waals surface area contributed by atoms with Crippen molar-refractivity contribution in [2.24, 2.45) is 0 Å². The summed E-state index contributed by atoms with van der Waals surface area (Å²) in [6.07, 6.45) is 2.10. The molecule has 4 heteroatoms. The van der Waals surface area contributed by atoms with Gasteiger partial charge in [-0.2, -0.15) is 0 Å². The summed E-state index contributed by atoms with van der Waals surface area (Å²) >= 11 is 4.18. The first-order chi connectivity index (χ1) is 9.78. The van der Waals surface area contributed by atoms with E-state index in [0.717, 1.165) is 6.54 Å². The first-order valence-electron chi connectivity index (χ1n) is 6.45. The van der Waals surface area contributed by atoms with Gasteiger partial charge in [-0.15, -0.1) is 0 Å². The molecule has 2 nitrogen and oxygen atoms in total. The highest BCUT2D eigenvalue weighted by Crippen LogP contribution is 2.35. The summed E-state index contributed by atoms with van der Waals surface area (Å²) in [5.74, 6) is 0. The summed E-state index contributed by atoms with van der Waals surface area (Å²) < 4.78 is 1.26. The number of fused-ring (bicyclic) bond motifs is 1. The van der Waals surface area contributed by atoms with Crippen molar-refractivity contribution < 1.29 is 0 Å². The maximum Gasteiger partial charge on any atom is 0.0466 e. The monoisotopic (exact) mass is 394 g/mol. The summed E-state index contributed by atoms with van der Waals surface area (Å²) in [6.45, 7) is 0.892. The van der Waals surface area contributed by atoms with Gasteiger partial charge in [0.05, 0.1) is 0 Å². The van der Waals surface area contributed by atoms with Crippen LogP contribution in [0.4, 0.5) is 0 Å². The normalized spacial score (nSPS) is 11.1. The molecule has 0 aliphatic carbocycles. The van der Waals surface area contributed by atoms with Crippen molar-refractivity contribution in [2.45, 2.75) is 16.3 Å². The van der Waals surface area contributed by atoms with E-state index in [9.17, 15) is 0 Å². The van der Waals surface area contributed by atoms with Gasteiger partial charge in [0.15, 0.2) is 0 Å². The molecule has 1 aromatic heterocycles. The van der Waals surface area contributed by atoms with Crippen molar-refractivity contribution >= 4 is 45.3 Å². The lowest BCUT2D eigenvalue weighted by Gasteiger charge is -2.08. The molecule has 20 heavy (non-hydrogen) atoms. The molecule has 0 unspecified atom stereocenters. The van der Waals surface area contributed by atoms with Crippen molar-refractivity contribution in [3.8, 4) is 0 Å². The molecule has 1 heterocycles. The minimum atomic E-state index is 0.892. The van der Waals surface area contributed by atoms with E-state index in [-0.39, 0.29) is 0 Å². The third kappa shape index (κ3) is 2.87. The summed E-state index contributed by atoms with van der Waals surface area (Å²) in [6, 6.07) is 15.1. The lowest BCUT2D eigenvalue weighted by atomic mass is 10.2. The second kappa shape index (κ2) is 6.20. The molecular weight excluding hydrogens is 379 g/mol. The lowest BCUT2D eigenvalue weighted by molar-refractivity contribution is 0.803. The Morgan fingerprint density at radius 2 is 2.00 bits per heavy atom. The zero-order valence-corrected chi connectivity index (χ0v) is 14.1. The Hall–Kier alpha value is -0.980. The molecule has 3 aromatic rings. The molecule has 0 amide bonds. The molecule has 0 fully saturated rings. The fraction of sp³-hybridized carbons (Fsp3) is 0.125. The Morgan fingerprint density at radius 1 is 1.15 bits per heavy atom. The van der Waals surface area contributed by atoms with Crippen molar-refractivity contribution in [1.82, 2.24) is 10.3 Å². The highest BCUT2D eigenvalue weighted by Gasteiger charge is 2.08. The van der Waals surface area contributed by atoms with E-state index in [2.05, 4.69) is 81.6 Å². The van der Waals surface area contributed by atoms with Gasteiger partial charge in [0.25, 0.3) is 0 Å². The SMILES string of the molecule is CNCc1ccccc1Sc1c[nH]c2ccc(I)cc12. The number of H-pyrrole nitrogens is 1. The Balaban J connectivity index is 1.99. The van der Waals surface area contributed by atoms with E-state index in [1.165, 1.54) is 29.8 Å². The molecule has 0 bridgehead atoms. The van der Waals surface area contributed by atoms with Gasteiger partial charge >= 0.3 is 0 Å². The fourth-order valence-corrected chi connectivity index (χ4v) is 3.75. The van der Waals surface area contributed by atoms with Gasteiger partial charge in [0, 0.05) is 37.0 Å². The van der Waals surface area contributed by atoms with Crippen LogP contribution in [0, 0.1) is 3.57 Å². The summed E-state index contributed by atoms with van der Waals surface area (Å²) in [4.78, 5) is 5.93. The third-order valence-electron chi connectivity index (χ3n) is 3.17. The molecule has 0 spiro atoms. The maximum absolute atomic E-state index is 3.35. The molecule has 2 N–H and O–H groups in total. The number of benzene rings is 2. The first-order valence-corrected chi connectivity index (χ1v) is 8.34. The number of nitrogens with one attached hydrogen (secondary N) is 2. The number of aromatic amines is 1. The summed E-state index contributed by atoms with van der Waals surface area (Å²) in [7, 11) is 1.98. The molecule has 0 aliphatic rings. The van der Waals surface area contributed by atoms with Crippen LogP contribution in [-0.4, -0.2) is 12.0 Å². The van der Waals surface area contributed by atoms with E-state index < -0.39 is 0 Å². The second-order valence-corrected chi connectivity index (χ2v) is 6.91. The van der Waals surface area contributed by atoms with Gasteiger partial charge in [0.1, 0.15) is 0 Å². The van der Waals surface area contributed by atoms with Gasteiger partial charge in [-0.05, 0) is 59.5 Å². The topological polar surface area (TPSA) is 27.8 Å². The lowest BCUT2D eigenvalue weighted by Crippen LogP contribution is -2.05. The predicted octanol–water partition coefficient (Wildman–Crippen LogP) is 4.64. The van der Waals surface area contributed by atoms with Crippen molar-refractivity contribution in [3.63, 3.8) is 0 Å². The number of halogens is 1. The van der Waals surface area contributed by atoms with Gasteiger partial charge in [-0.1, -0.05) is 30.0 Å². The molecule has 3 rings (SSSR count). The average molecular weight is 394 g/mol. The van der Waals surface area contributed by atoms with Crippen molar-refractivity contribution in [2.75, 3.05) is 7.05 Å². The predicted molar refractivity (Wildman–Crippen MR) is 94.3 cm³/mol. The van der Waals surface area contributed by atoms with Crippen LogP contribution in [0.15, 0.2) is 58.5 Å². The minimum absolute atomic E-state index is 0.892.